The molecule has 162 valence electrons. The van der Waals surface area contributed by atoms with Crippen molar-refractivity contribution in [2.24, 2.45) is 0 Å². The van der Waals surface area contributed by atoms with Gasteiger partial charge in [0, 0.05) is 35.3 Å². The highest BCUT2D eigenvalue weighted by atomic mass is 35.5. The zero-order valence-electron chi connectivity index (χ0n) is 16.6. The lowest BCUT2D eigenvalue weighted by atomic mass is 10.1. The third-order valence-corrected chi connectivity index (χ3v) is 5.96. The SMILES string of the molecule is CCCOc1c(Cl)cc(C(=O)N(Cc2ccc(Cl)cc2Cl)CC2CCCO2)cc1Cl. The van der Waals surface area contributed by atoms with Crippen LogP contribution in [0.2, 0.25) is 20.1 Å². The number of amides is 1. The van der Waals surface area contributed by atoms with E-state index in [-0.39, 0.29) is 12.0 Å². The molecule has 3 rings (SSSR count). The normalized spacial score (nSPS) is 16.0. The fourth-order valence-electron chi connectivity index (χ4n) is 3.32. The number of carbonyl (C=O) groups is 1. The van der Waals surface area contributed by atoms with E-state index in [1.165, 1.54) is 0 Å². The van der Waals surface area contributed by atoms with Gasteiger partial charge in [0.15, 0.2) is 5.75 Å². The molecule has 1 amide bonds. The van der Waals surface area contributed by atoms with E-state index in [1.54, 1.807) is 29.2 Å². The molecule has 1 aliphatic rings. The van der Waals surface area contributed by atoms with E-state index >= 15 is 0 Å². The van der Waals surface area contributed by atoms with Crippen molar-refractivity contribution in [3.05, 3.63) is 61.5 Å². The first-order valence-electron chi connectivity index (χ1n) is 9.85. The van der Waals surface area contributed by atoms with Gasteiger partial charge in [0.1, 0.15) is 0 Å². The highest BCUT2D eigenvalue weighted by Gasteiger charge is 2.25. The van der Waals surface area contributed by atoms with E-state index in [4.69, 9.17) is 55.9 Å². The Bertz CT molecular complexity index is 877. The predicted molar refractivity (Wildman–Crippen MR) is 122 cm³/mol. The Morgan fingerprint density at radius 3 is 2.47 bits per heavy atom. The van der Waals surface area contributed by atoms with E-state index in [0.717, 1.165) is 24.8 Å². The van der Waals surface area contributed by atoms with E-state index in [2.05, 4.69) is 0 Å². The minimum atomic E-state index is -0.206. The maximum absolute atomic E-state index is 13.4. The van der Waals surface area contributed by atoms with E-state index < -0.39 is 0 Å². The molecule has 0 aromatic heterocycles. The number of nitrogens with zero attached hydrogens (tertiary/aromatic N) is 1. The molecule has 0 spiro atoms. The fraction of sp³-hybridized carbons (Fsp3) is 0.409. The molecule has 0 saturated carbocycles. The molecule has 8 heteroatoms. The number of halogens is 4. The van der Waals surface area contributed by atoms with E-state index in [1.807, 2.05) is 13.0 Å². The van der Waals surface area contributed by atoms with Crippen LogP contribution in [0.3, 0.4) is 0 Å². The summed E-state index contributed by atoms with van der Waals surface area (Å²) in [6.45, 7) is 3.95. The zero-order chi connectivity index (χ0) is 21.7. The van der Waals surface area contributed by atoms with Crippen LogP contribution in [-0.2, 0) is 11.3 Å². The number of rotatable bonds is 8. The van der Waals surface area contributed by atoms with Crippen LogP contribution < -0.4 is 4.74 Å². The van der Waals surface area contributed by atoms with Crippen LogP contribution in [0.15, 0.2) is 30.3 Å². The average molecular weight is 491 g/mol. The highest BCUT2D eigenvalue weighted by Crippen LogP contribution is 2.35. The molecule has 4 nitrogen and oxygen atoms in total. The van der Waals surface area contributed by atoms with Gasteiger partial charge in [-0.15, -0.1) is 0 Å². The van der Waals surface area contributed by atoms with E-state index in [9.17, 15) is 4.79 Å². The van der Waals surface area contributed by atoms with Gasteiger partial charge in [-0.1, -0.05) is 59.4 Å². The van der Waals surface area contributed by atoms with Gasteiger partial charge in [-0.2, -0.15) is 0 Å². The first-order chi connectivity index (χ1) is 14.4. The van der Waals surface area contributed by atoms with Crippen molar-refractivity contribution in [1.82, 2.24) is 4.90 Å². The first kappa shape index (κ1) is 23.5. The summed E-state index contributed by atoms with van der Waals surface area (Å²) in [5.74, 6) is 0.186. The Kier molecular flexibility index (Phi) is 8.55. The quantitative estimate of drug-likeness (QED) is 0.403. The van der Waals surface area contributed by atoms with Gasteiger partial charge >= 0.3 is 0 Å². The smallest absolute Gasteiger partial charge is 0.254 e. The van der Waals surface area contributed by atoms with Gasteiger partial charge in [0.05, 0.1) is 22.8 Å². The molecule has 2 aromatic rings. The van der Waals surface area contributed by atoms with E-state index in [0.29, 0.717) is 57.7 Å². The zero-order valence-corrected chi connectivity index (χ0v) is 19.6. The topological polar surface area (TPSA) is 38.8 Å². The number of hydrogen-bond acceptors (Lipinski definition) is 3. The maximum Gasteiger partial charge on any atom is 0.254 e. The van der Waals surface area contributed by atoms with Crippen LogP contribution in [0.4, 0.5) is 0 Å². The number of ether oxygens (including phenoxy) is 2. The second-order valence-electron chi connectivity index (χ2n) is 7.17. The summed E-state index contributed by atoms with van der Waals surface area (Å²) in [7, 11) is 0. The summed E-state index contributed by atoms with van der Waals surface area (Å²) in [5.41, 5.74) is 1.18. The predicted octanol–water partition coefficient (Wildman–Crippen LogP) is 6.91. The Morgan fingerprint density at radius 2 is 1.87 bits per heavy atom. The number of carbonyl (C=O) groups excluding carboxylic acids is 1. The molecule has 0 bridgehead atoms. The van der Waals surface area contributed by atoms with Crippen LogP contribution in [0.25, 0.3) is 0 Å². The summed E-state index contributed by atoms with van der Waals surface area (Å²) >= 11 is 25.1. The average Bonchev–Trinajstić information content (AvgIpc) is 3.21. The van der Waals surface area contributed by atoms with Gasteiger partial charge in [-0.05, 0) is 49.1 Å². The van der Waals surface area contributed by atoms with Crippen LogP contribution in [0, 0.1) is 0 Å². The lowest BCUT2D eigenvalue weighted by Gasteiger charge is -2.26. The molecule has 0 radical (unpaired) electrons. The molecule has 0 aliphatic carbocycles. The molecule has 1 fully saturated rings. The standard InChI is InChI=1S/C22H23Cl4NO3/c1-2-7-30-21-19(25)9-15(10-20(21)26)22(28)27(13-17-4-3-8-29-17)12-14-5-6-16(23)11-18(14)24/h5-6,9-11,17H,2-4,7-8,12-13H2,1H3. The molecule has 1 saturated heterocycles. The van der Waals surface area contributed by atoms with Gasteiger partial charge in [-0.3, -0.25) is 4.79 Å². The van der Waals surface area contributed by atoms with Crippen molar-refractivity contribution in [3.63, 3.8) is 0 Å². The molecule has 1 atom stereocenters. The molecule has 30 heavy (non-hydrogen) atoms. The molecule has 1 unspecified atom stereocenters. The third kappa shape index (κ3) is 5.95. The Labute approximate surface area is 196 Å². The van der Waals surface area contributed by atoms with Gasteiger partial charge < -0.3 is 14.4 Å². The van der Waals surface area contributed by atoms with Gasteiger partial charge in [-0.25, -0.2) is 0 Å². The molecule has 2 aromatic carbocycles. The Hall–Kier alpha value is -1.17. The van der Waals surface area contributed by atoms with Crippen molar-refractivity contribution >= 4 is 52.3 Å². The lowest BCUT2D eigenvalue weighted by molar-refractivity contribution is 0.0507. The summed E-state index contributed by atoms with van der Waals surface area (Å²) < 4.78 is 11.4. The highest BCUT2D eigenvalue weighted by molar-refractivity contribution is 6.37. The van der Waals surface area contributed by atoms with Crippen LogP contribution in [0.1, 0.15) is 42.1 Å². The lowest BCUT2D eigenvalue weighted by Crippen LogP contribution is -2.37. The van der Waals surface area contributed by atoms with Crippen LogP contribution >= 0.6 is 46.4 Å². The summed E-state index contributed by atoms with van der Waals surface area (Å²) in [4.78, 5) is 15.1. The molecular weight excluding hydrogens is 468 g/mol. The van der Waals surface area contributed by atoms with Crippen molar-refractivity contribution in [2.45, 2.75) is 38.8 Å². The first-order valence-corrected chi connectivity index (χ1v) is 11.4. The van der Waals surface area contributed by atoms with Crippen molar-refractivity contribution in [2.75, 3.05) is 19.8 Å². The van der Waals surface area contributed by atoms with Crippen LogP contribution in [-0.4, -0.2) is 36.7 Å². The molecular formula is C22H23Cl4NO3. The second kappa shape index (κ2) is 10.9. The van der Waals surface area contributed by atoms with Crippen LogP contribution in [0.5, 0.6) is 5.75 Å². The molecule has 1 aliphatic heterocycles. The summed E-state index contributed by atoms with van der Waals surface area (Å²) in [6.07, 6.45) is 2.70. The van der Waals surface area contributed by atoms with Crippen molar-refractivity contribution < 1.29 is 14.3 Å². The maximum atomic E-state index is 13.4. The number of hydrogen-bond donors (Lipinski definition) is 0. The summed E-state index contributed by atoms with van der Waals surface area (Å²) in [5, 5.41) is 1.66. The monoisotopic (exact) mass is 489 g/mol. The minimum absolute atomic E-state index is 0.0156. The second-order valence-corrected chi connectivity index (χ2v) is 8.83. The number of benzene rings is 2. The Morgan fingerprint density at radius 1 is 1.13 bits per heavy atom. The molecule has 1 heterocycles. The van der Waals surface area contributed by atoms with Crippen molar-refractivity contribution in [3.8, 4) is 5.75 Å². The summed E-state index contributed by atoms with van der Waals surface area (Å²) in [6, 6.07) is 8.42. The minimum Gasteiger partial charge on any atom is -0.490 e. The van der Waals surface area contributed by atoms with Gasteiger partial charge in [0.25, 0.3) is 5.91 Å². The molecule has 0 N–H and O–H groups in total. The van der Waals surface area contributed by atoms with Crippen molar-refractivity contribution in [1.29, 1.82) is 0 Å². The van der Waals surface area contributed by atoms with Gasteiger partial charge in [0.2, 0.25) is 0 Å². The largest absolute Gasteiger partial charge is 0.490 e. The third-order valence-electron chi connectivity index (χ3n) is 4.81. The Balaban J connectivity index is 1.87. The fourth-order valence-corrected chi connectivity index (χ4v) is 4.38.